The molecule has 0 spiro atoms. The number of halogens is 1. The average molecular weight is 405 g/mol. The molecule has 1 saturated heterocycles. The SMILES string of the molecule is CCCCCCNC(=O)N1CCCC1c1c(C)[nH]n(-c2ccc(Cl)cc2)c1=O. The monoisotopic (exact) mass is 404 g/mol. The molecule has 2 aromatic rings. The number of unbranched alkanes of at least 4 members (excludes halogenated alkanes) is 3. The van der Waals surface area contributed by atoms with Crippen LogP contribution in [0.15, 0.2) is 29.1 Å². The van der Waals surface area contributed by atoms with Crippen molar-refractivity contribution in [3.8, 4) is 5.69 Å². The number of aromatic nitrogens is 2. The number of benzene rings is 1. The summed E-state index contributed by atoms with van der Waals surface area (Å²) >= 11 is 5.95. The van der Waals surface area contributed by atoms with Gasteiger partial charge in [0.1, 0.15) is 0 Å². The highest BCUT2D eigenvalue weighted by molar-refractivity contribution is 6.30. The van der Waals surface area contributed by atoms with Gasteiger partial charge in [0.2, 0.25) is 0 Å². The zero-order chi connectivity index (χ0) is 20.1. The Hall–Kier alpha value is -2.21. The van der Waals surface area contributed by atoms with E-state index >= 15 is 0 Å². The lowest BCUT2D eigenvalue weighted by Crippen LogP contribution is -2.41. The second kappa shape index (κ2) is 9.32. The van der Waals surface area contributed by atoms with Gasteiger partial charge in [-0.05, 0) is 50.5 Å². The summed E-state index contributed by atoms with van der Waals surface area (Å²) in [6.45, 7) is 5.42. The van der Waals surface area contributed by atoms with Crippen LogP contribution in [0.1, 0.15) is 62.7 Å². The number of amides is 2. The van der Waals surface area contributed by atoms with Crippen molar-refractivity contribution >= 4 is 17.6 Å². The lowest BCUT2D eigenvalue weighted by molar-refractivity contribution is 0.192. The summed E-state index contributed by atoms with van der Waals surface area (Å²) in [6, 6.07) is 6.86. The van der Waals surface area contributed by atoms with E-state index in [1.54, 1.807) is 24.3 Å². The Bertz CT molecular complexity index is 856. The van der Waals surface area contributed by atoms with Crippen molar-refractivity contribution in [2.45, 2.75) is 58.4 Å². The first kappa shape index (κ1) is 20.5. The molecule has 0 radical (unpaired) electrons. The van der Waals surface area contributed by atoms with E-state index < -0.39 is 0 Å². The number of hydrogen-bond acceptors (Lipinski definition) is 2. The molecule has 3 rings (SSSR count). The van der Waals surface area contributed by atoms with Gasteiger partial charge >= 0.3 is 6.03 Å². The normalized spacial score (nSPS) is 16.5. The molecule has 1 unspecified atom stereocenters. The quantitative estimate of drug-likeness (QED) is 0.664. The Morgan fingerprint density at radius 3 is 2.71 bits per heavy atom. The third kappa shape index (κ3) is 4.43. The number of carbonyl (C=O) groups is 1. The molecule has 152 valence electrons. The molecule has 0 bridgehead atoms. The second-order valence-corrected chi connectivity index (χ2v) is 7.85. The zero-order valence-electron chi connectivity index (χ0n) is 16.6. The smallest absolute Gasteiger partial charge is 0.317 e. The molecule has 1 atom stereocenters. The van der Waals surface area contributed by atoms with E-state index in [0.717, 1.165) is 37.1 Å². The fourth-order valence-corrected chi connectivity index (χ4v) is 4.01. The number of likely N-dealkylation sites (tertiary alicyclic amines) is 1. The first-order chi connectivity index (χ1) is 13.5. The molecule has 0 aliphatic carbocycles. The van der Waals surface area contributed by atoms with Crippen molar-refractivity contribution < 1.29 is 4.79 Å². The molecule has 7 heteroatoms. The van der Waals surface area contributed by atoms with Crippen LogP contribution in [0.5, 0.6) is 0 Å². The fourth-order valence-electron chi connectivity index (χ4n) is 3.88. The Morgan fingerprint density at radius 1 is 1.25 bits per heavy atom. The van der Waals surface area contributed by atoms with E-state index in [1.165, 1.54) is 17.5 Å². The molecule has 2 N–H and O–H groups in total. The predicted octanol–water partition coefficient (Wildman–Crippen LogP) is 4.55. The van der Waals surface area contributed by atoms with Crippen LogP contribution in [0, 0.1) is 6.92 Å². The van der Waals surface area contributed by atoms with E-state index in [4.69, 9.17) is 11.6 Å². The van der Waals surface area contributed by atoms with Crippen molar-refractivity contribution in [3.05, 3.63) is 50.9 Å². The third-order valence-corrected chi connectivity index (χ3v) is 5.61. The highest BCUT2D eigenvalue weighted by atomic mass is 35.5. The molecule has 0 saturated carbocycles. The summed E-state index contributed by atoms with van der Waals surface area (Å²) in [4.78, 5) is 27.6. The number of carbonyl (C=O) groups excluding carboxylic acids is 1. The first-order valence-electron chi connectivity index (χ1n) is 10.1. The summed E-state index contributed by atoms with van der Waals surface area (Å²) in [5.41, 5.74) is 2.10. The molecule has 1 aliphatic rings. The molecule has 28 heavy (non-hydrogen) atoms. The number of urea groups is 1. The van der Waals surface area contributed by atoms with Crippen LogP contribution in [-0.2, 0) is 0 Å². The molecule has 2 heterocycles. The molecular weight excluding hydrogens is 376 g/mol. The summed E-state index contributed by atoms with van der Waals surface area (Å²) in [6.07, 6.45) is 6.19. The van der Waals surface area contributed by atoms with E-state index in [1.807, 2.05) is 11.8 Å². The van der Waals surface area contributed by atoms with Crippen LogP contribution in [0.25, 0.3) is 5.69 Å². The minimum absolute atomic E-state index is 0.0722. The van der Waals surface area contributed by atoms with Gasteiger partial charge in [0.15, 0.2) is 0 Å². The maximum atomic E-state index is 13.1. The van der Waals surface area contributed by atoms with E-state index in [-0.39, 0.29) is 17.6 Å². The molecule has 1 aromatic carbocycles. The van der Waals surface area contributed by atoms with Gasteiger partial charge in [0.05, 0.1) is 17.3 Å². The van der Waals surface area contributed by atoms with E-state index in [2.05, 4.69) is 17.3 Å². The van der Waals surface area contributed by atoms with Crippen LogP contribution in [0.4, 0.5) is 4.79 Å². The standard InChI is InChI=1S/C21H29ClN4O2/c1-3-4-5-6-13-23-21(28)25-14-7-8-18(25)19-15(2)24-26(20(19)27)17-11-9-16(22)10-12-17/h9-12,18,24H,3-8,13-14H2,1-2H3,(H,23,28). The summed E-state index contributed by atoms with van der Waals surface area (Å²) in [7, 11) is 0. The highest BCUT2D eigenvalue weighted by Crippen LogP contribution is 2.31. The molecule has 1 fully saturated rings. The minimum atomic E-state index is -0.187. The van der Waals surface area contributed by atoms with Gasteiger partial charge in [-0.1, -0.05) is 37.8 Å². The Kier molecular flexibility index (Phi) is 6.83. The first-order valence-corrected chi connectivity index (χ1v) is 10.5. The predicted molar refractivity (Wildman–Crippen MR) is 112 cm³/mol. The number of nitrogens with zero attached hydrogens (tertiary/aromatic N) is 2. The number of hydrogen-bond donors (Lipinski definition) is 2. The van der Waals surface area contributed by atoms with Crippen molar-refractivity contribution in [3.63, 3.8) is 0 Å². The van der Waals surface area contributed by atoms with Crippen LogP contribution in [0.3, 0.4) is 0 Å². The molecule has 6 nitrogen and oxygen atoms in total. The van der Waals surface area contributed by atoms with E-state index in [0.29, 0.717) is 23.7 Å². The second-order valence-electron chi connectivity index (χ2n) is 7.41. The number of nitrogens with one attached hydrogen (secondary N) is 2. The highest BCUT2D eigenvalue weighted by Gasteiger charge is 2.34. The van der Waals surface area contributed by atoms with Crippen molar-refractivity contribution in [2.75, 3.05) is 13.1 Å². The van der Waals surface area contributed by atoms with Gasteiger partial charge in [-0.25, -0.2) is 9.48 Å². The van der Waals surface area contributed by atoms with Gasteiger partial charge in [-0.15, -0.1) is 0 Å². The zero-order valence-corrected chi connectivity index (χ0v) is 17.4. The van der Waals surface area contributed by atoms with E-state index in [9.17, 15) is 9.59 Å². The average Bonchev–Trinajstić information content (AvgIpc) is 3.26. The van der Waals surface area contributed by atoms with Crippen LogP contribution in [-0.4, -0.2) is 33.8 Å². The summed E-state index contributed by atoms with van der Waals surface area (Å²) in [5, 5.41) is 6.80. The number of aromatic amines is 1. The van der Waals surface area contributed by atoms with Crippen molar-refractivity contribution in [1.82, 2.24) is 20.0 Å². The Labute approximate surface area is 170 Å². The largest absolute Gasteiger partial charge is 0.338 e. The van der Waals surface area contributed by atoms with Gasteiger partial charge in [0, 0.05) is 23.8 Å². The third-order valence-electron chi connectivity index (χ3n) is 5.36. The maximum absolute atomic E-state index is 13.1. The lowest BCUT2D eigenvalue weighted by Gasteiger charge is -2.24. The minimum Gasteiger partial charge on any atom is -0.338 e. The number of aryl methyl sites for hydroxylation is 1. The molecular formula is C21H29ClN4O2. The number of rotatable bonds is 7. The fraction of sp³-hybridized carbons (Fsp3) is 0.524. The van der Waals surface area contributed by atoms with Crippen LogP contribution < -0.4 is 10.9 Å². The molecule has 1 aromatic heterocycles. The molecule has 2 amide bonds. The van der Waals surface area contributed by atoms with Crippen LogP contribution in [0.2, 0.25) is 5.02 Å². The molecule has 1 aliphatic heterocycles. The van der Waals surface area contributed by atoms with Gasteiger partial charge < -0.3 is 10.2 Å². The van der Waals surface area contributed by atoms with Crippen LogP contribution >= 0.6 is 11.6 Å². The maximum Gasteiger partial charge on any atom is 0.317 e. The van der Waals surface area contributed by atoms with Gasteiger partial charge in [-0.3, -0.25) is 9.89 Å². The Balaban J connectivity index is 1.76. The summed E-state index contributed by atoms with van der Waals surface area (Å²) < 4.78 is 1.53. The van der Waals surface area contributed by atoms with Gasteiger partial charge in [0.25, 0.3) is 5.56 Å². The van der Waals surface area contributed by atoms with Crippen molar-refractivity contribution in [1.29, 1.82) is 0 Å². The van der Waals surface area contributed by atoms with Gasteiger partial charge in [-0.2, -0.15) is 0 Å². The Morgan fingerprint density at radius 2 is 2.00 bits per heavy atom. The topological polar surface area (TPSA) is 70.1 Å². The van der Waals surface area contributed by atoms with Crippen molar-refractivity contribution in [2.24, 2.45) is 0 Å². The lowest BCUT2D eigenvalue weighted by atomic mass is 10.1. The summed E-state index contributed by atoms with van der Waals surface area (Å²) in [5.74, 6) is 0. The number of H-pyrrole nitrogens is 1.